The first-order valence-corrected chi connectivity index (χ1v) is 7.87. The number of aliphatic hydroxyl groups is 1. The van der Waals surface area contributed by atoms with E-state index in [1.54, 1.807) is 0 Å². The molecular weight excluding hydrogens is 242 g/mol. The lowest BCUT2D eigenvalue weighted by Crippen LogP contribution is -2.53. The van der Waals surface area contributed by atoms with Crippen LogP contribution < -0.4 is 5.32 Å². The number of ether oxygens (including phenoxy) is 2. The van der Waals surface area contributed by atoms with E-state index in [9.17, 15) is 5.11 Å². The van der Waals surface area contributed by atoms with Crippen LogP contribution in [-0.2, 0) is 9.47 Å². The summed E-state index contributed by atoms with van der Waals surface area (Å²) in [7, 11) is 0. The van der Waals surface area contributed by atoms with Crippen LogP contribution in [-0.4, -0.2) is 49.2 Å². The van der Waals surface area contributed by atoms with Gasteiger partial charge < -0.3 is 19.9 Å². The second-order valence-electron chi connectivity index (χ2n) is 6.05. The molecule has 1 saturated heterocycles. The zero-order valence-corrected chi connectivity index (χ0v) is 12.2. The Morgan fingerprint density at radius 3 is 2.95 bits per heavy atom. The lowest BCUT2D eigenvalue weighted by atomic mass is 9.80. The summed E-state index contributed by atoms with van der Waals surface area (Å²) in [5.74, 6) is 0. The molecule has 19 heavy (non-hydrogen) atoms. The minimum atomic E-state index is -0.116. The summed E-state index contributed by atoms with van der Waals surface area (Å²) in [6.45, 7) is 4.95. The molecule has 2 N–H and O–H groups in total. The van der Waals surface area contributed by atoms with Crippen molar-refractivity contribution in [2.75, 3.05) is 26.4 Å². The summed E-state index contributed by atoms with van der Waals surface area (Å²) in [6.07, 6.45) is 8.20. The lowest BCUT2D eigenvalue weighted by Gasteiger charge is -2.40. The van der Waals surface area contributed by atoms with E-state index in [2.05, 4.69) is 12.2 Å². The molecule has 0 aromatic heterocycles. The van der Waals surface area contributed by atoms with Crippen LogP contribution in [0.1, 0.15) is 51.9 Å². The van der Waals surface area contributed by atoms with Crippen molar-refractivity contribution in [3.05, 3.63) is 0 Å². The van der Waals surface area contributed by atoms with E-state index in [4.69, 9.17) is 9.47 Å². The number of nitrogens with one attached hydrogen (secondary N) is 1. The summed E-state index contributed by atoms with van der Waals surface area (Å²) >= 11 is 0. The molecule has 0 aromatic carbocycles. The van der Waals surface area contributed by atoms with Crippen molar-refractivity contribution in [2.45, 2.75) is 69.6 Å². The van der Waals surface area contributed by atoms with E-state index < -0.39 is 0 Å². The van der Waals surface area contributed by atoms with Crippen LogP contribution in [0.2, 0.25) is 0 Å². The molecule has 1 saturated carbocycles. The predicted molar refractivity (Wildman–Crippen MR) is 75.3 cm³/mol. The summed E-state index contributed by atoms with van der Waals surface area (Å²) in [5.41, 5.74) is -0.116. The van der Waals surface area contributed by atoms with Crippen molar-refractivity contribution < 1.29 is 14.6 Å². The number of rotatable bonds is 7. The maximum atomic E-state index is 9.72. The van der Waals surface area contributed by atoms with E-state index in [1.807, 2.05) is 0 Å². The molecule has 2 fully saturated rings. The van der Waals surface area contributed by atoms with Crippen LogP contribution in [0.4, 0.5) is 0 Å². The first kappa shape index (κ1) is 15.2. The molecule has 0 amide bonds. The van der Waals surface area contributed by atoms with Crippen molar-refractivity contribution in [1.82, 2.24) is 5.32 Å². The van der Waals surface area contributed by atoms with E-state index in [0.717, 1.165) is 64.7 Å². The van der Waals surface area contributed by atoms with Crippen LogP contribution >= 0.6 is 0 Å². The molecule has 3 unspecified atom stereocenters. The molecule has 2 rings (SSSR count). The van der Waals surface area contributed by atoms with Gasteiger partial charge in [-0.05, 0) is 51.5 Å². The van der Waals surface area contributed by atoms with Gasteiger partial charge in [-0.3, -0.25) is 0 Å². The largest absolute Gasteiger partial charge is 0.394 e. The fourth-order valence-corrected chi connectivity index (χ4v) is 3.22. The zero-order chi connectivity index (χ0) is 13.6. The molecule has 112 valence electrons. The van der Waals surface area contributed by atoms with Gasteiger partial charge in [0, 0.05) is 12.1 Å². The smallest absolute Gasteiger partial charge is 0.0809 e. The minimum absolute atomic E-state index is 0.116. The van der Waals surface area contributed by atoms with Crippen molar-refractivity contribution >= 4 is 0 Å². The Balaban J connectivity index is 1.77. The van der Waals surface area contributed by atoms with Crippen LogP contribution in [0.5, 0.6) is 0 Å². The summed E-state index contributed by atoms with van der Waals surface area (Å²) in [5, 5.41) is 13.3. The Hall–Kier alpha value is -0.160. The van der Waals surface area contributed by atoms with Gasteiger partial charge in [0.1, 0.15) is 0 Å². The highest BCUT2D eigenvalue weighted by molar-refractivity contribution is 4.94. The molecule has 1 aliphatic carbocycles. The van der Waals surface area contributed by atoms with Crippen LogP contribution in [0.25, 0.3) is 0 Å². The molecule has 1 heterocycles. The summed E-state index contributed by atoms with van der Waals surface area (Å²) in [6, 6.07) is 0. The van der Waals surface area contributed by atoms with Gasteiger partial charge >= 0.3 is 0 Å². The normalized spacial score (nSPS) is 35.7. The van der Waals surface area contributed by atoms with Crippen LogP contribution in [0.3, 0.4) is 0 Å². The first-order chi connectivity index (χ1) is 9.28. The van der Waals surface area contributed by atoms with Gasteiger partial charge in [0.15, 0.2) is 0 Å². The maximum absolute atomic E-state index is 9.72. The molecule has 0 radical (unpaired) electrons. The van der Waals surface area contributed by atoms with E-state index in [-0.39, 0.29) is 18.2 Å². The van der Waals surface area contributed by atoms with Crippen molar-refractivity contribution in [3.63, 3.8) is 0 Å². The first-order valence-electron chi connectivity index (χ1n) is 7.87. The topological polar surface area (TPSA) is 50.7 Å². The molecule has 4 heteroatoms. The molecule has 3 atom stereocenters. The highest BCUT2D eigenvalue weighted by Crippen LogP contribution is 2.30. The van der Waals surface area contributed by atoms with Gasteiger partial charge in [-0.1, -0.05) is 6.92 Å². The number of hydrogen-bond donors (Lipinski definition) is 2. The molecule has 0 aromatic rings. The fraction of sp³-hybridized carbons (Fsp3) is 1.00. The Morgan fingerprint density at radius 2 is 2.26 bits per heavy atom. The Kier molecular flexibility index (Phi) is 6.07. The van der Waals surface area contributed by atoms with E-state index >= 15 is 0 Å². The molecule has 2 aliphatic rings. The van der Waals surface area contributed by atoms with Gasteiger partial charge in [0.2, 0.25) is 0 Å². The fourth-order valence-electron chi connectivity index (χ4n) is 3.22. The quantitative estimate of drug-likeness (QED) is 0.742. The zero-order valence-electron chi connectivity index (χ0n) is 12.2. The monoisotopic (exact) mass is 271 g/mol. The van der Waals surface area contributed by atoms with Crippen molar-refractivity contribution in [3.8, 4) is 0 Å². The number of aliphatic hydroxyl groups excluding tert-OH is 1. The lowest BCUT2D eigenvalue weighted by molar-refractivity contribution is -0.0540. The molecular formula is C15H29NO3. The average Bonchev–Trinajstić information content (AvgIpc) is 2.97. The number of hydrogen-bond acceptors (Lipinski definition) is 4. The van der Waals surface area contributed by atoms with Gasteiger partial charge in [-0.15, -0.1) is 0 Å². The second kappa shape index (κ2) is 7.58. The SMILES string of the molecule is CCCNC1(CO)CCCC(OCC2CCCO2)C1. The van der Waals surface area contributed by atoms with E-state index in [1.165, 1.54) is 0 Å². The highest BCUT2D eigenvalue weighted by Gasteiger charge is 2.36. The van der Waals surface area contributed by atoms with Crippen molar-refractivity contribution in [2.24, 2.45) is 0 Å². The second-order valence-corrected chi connectivity index (χ2v) is 6.05. The standard InChI is InChI=1S/C15H29NO3/c1-2-8-16-15(12-17)7-3-5-13(10-15)19-11-14-6-4-9-18-14/h13-14,16-17H,2-12H2,1H3. The van der Waals surface area contributed by atoms with Gasteiger partial charge in [0.05, 0.1) is 25.4 Å². The third-order valence-corrected chi connectivity index (χ3v) is 4.39. The van der Waals surface area contributed by atoms with Crippen molar-refractivity contribution in [1.29, 1.82) is 0 Å². The summed E-state index contributed by atoms with van der Waals surface area (Å²) in [4.78, 5) is 0. The van der Waals surface area contributed by atoms with Gasteiger partial charge in [-0.2, -0.15) is 0 Å². The maximum Gasteiger partial charge on any atom is 0.0809 e. The minimum Gasteiger partial charge on any atom is -0.394 e. The third-order valence-electron chi connectivity index (χ3n) is 4.39. The third kappa shape index (κ3) is 4.42. The predicted octanol–water partition coefficient (Wildman–Crippen LogP) is 1.86. The van der Waals surface area contributed by atoms with Crippen LogP contribution in [0.15, 0.2) is 0 Å². The molecule has 1 aliphatic heterocycles. The Labute approximate surface area is 116 Å². The van der Waals surface area contributed by atoms with Gasteiger partial charge in [0.25, 0.3) is 0 Å². The van der Waals surface area contributed by atoms with E-state index in [0.29, 0.717) is 6.10 Å². The molecule has 0 spiro atoms. The Morgan fingerprint density at radius 1 is 1.37 bits per heavy atom. The molecule has 4 nitrogen and oxygen atoms in total. The Bertz CT molecular complexity index is 256. The molecule has 0 bridgehead atoms. The average molecular weight is 271 g/mol. The van der Waals surface area contributed by atoms with Crippen LogP contribution in [0, 0.1) is 0 Å². The van der Waals surface area contributed by atoms with Gasteiger partial charge in [-0.25, -0.2) is 0 Å². The summed E-state index contributed by atoms with van der Waals surface area (Å²) < 4.78 is 11.6. The highest BCUT2D eigenvalue weighted by atomic mass is 16.5.